The molecule has 1 saturated carbocycles. The van der Waals surface area contributed by atoms with Crippen molar-refractivity contribution < 1.29 is 28.9 Å². The van der Waals surface area contributed by atoms with Crippen LogP contribution in [0.5, 0.6) is 17.2 Å². The van der Waals surface area contributed by atoms with Gasteiger partial charge in [0.25, 0.3) is 5.91 Å². The van der Waals surface area contributed by atoms with Crippen molar-refractivity contribution in [2.24, 2.45) is 5.92 Å². The molecule has 0 bridgehead atoms. The minimum absolute atomic E-state index is 0.107. The second-order valence-electron chi connectivity index (χ2n) is 10.4. The predicted octanol–water partition coefficient (Wildman–Crippen LogP) is 3.12. The number of benzene rings is 1. The quantitative estimate of drug-likeness (QED) is 0.242. The third-order valence-electron chi connectivity index (χ3n) is 6.62. The zero-order valence-electron chi connectivity index (χ0n) is 22.7. The van der Waals surface area contributed by atoms with E-state index in [1.807, 2.05) is 0 Å². The Morgan fingerprint density at radius 1 is 1.21 bits per heavy atom. The van der Waals surface area contributed by atoms with Gasteiger partial charge in [-0.25, -0.2) is 0 Å². The summed E-state index contributed by atoms with van der Waals surface area (Å²) < 4.78 is 16.8. The molecule has 1 aliphatic heterocycles. The monoisotopic (exact) mass is 528 g/mol. The Kier molecular flexibility index (Phi) is 10.2. The molecule has 2 aliphatic rings. The smallest absolute Gasteiger partial charge is 0.251 e. The molecule has 10 heteroatoms. The molecule has 0 saturated heterocycles. The Labute approximate surface area is 224 Å². The van der Waals surface area contributed by atoms with Crippen molar-refractivity contribution in [1.29, 1.82) is 5.41 Å². The summed E-state index contributed by atoms with van der Waals surface area (Å²) in [5, 5.41) is 23.5. The summed E-state index contributed by atoms with van der Waals surface area (Å²) >= 11 is 0. The van der Waals surface area contributed by atoms with Gasteiger partial charge in [-0.15, -0.1) is 0 Å². The number of amides is 2. The normalized spacial score (nSPS) is 17.2. The summed E-state index contributed by atoms with van der Waals surface area (Å²) in [6.45, 7) is 3.75. The van der Waals surface area contributed by atoms with Gasteiger partial charge in [0.1, 0.15) is 17.6 Å². The summed E-state index contributed by atoms with van der Waals surface area (Å²) in [6.07, 6.45) is 10.3. The highest BCUT2D eigenvalue weighted by molar-refractivity contribution is 6.05. The summed E-state index contributed by atoms with van der Waals surface area (Å²) in [7, 11) is 3.05. The number of hydrogen-bond donors (Lipinski definition) is 4. The molecule has 3 rings (SSSR count). The molecule has 1 heterocycles. The lowest BCUT2D eigenvalue weighted by Crippen LogP contribution is -2.50. The number of carbonyl (C=O) groups excluding carboxylic acids is 2. The molecule has 1 atom stereocenters. The van der Waals surface area contributed by atoms with Gasteiger partial charge in [-0.3, -0.25) is 15.0 Å². The van der Waals surface area contributed by atoms with Crippen molar-refractivity contribution in [1.82, 2.24) is 15.5 Å². The maximum atomic E-state index is 13.4. The minimum Gasteiger partial charge on any atom is -0.493 e. The fourth-order valence-corrected chi connectivity index (χ4v) is 4.74. The van der Waals surface area contributed by atoms with Gasteiger partial charge < -0.3 is 34.9 Å². The lowest BCUT2D eigenvalue weighted by Gasteiger charge is -2.31. The Morgan fingerprint density at radius 2 is 1.92 bits per heavy atom. The molecule has 10 nitrogen and oxygen atoms in total. The van der Waals surface area contributed by atoms with Crippen LogP contribution in [0.2, 0.25) is 0 Å². The van der Waals surface area contributed by atoms with Gasteiger partial charge in [-0.1, -0.05) is 38.2 Å². The second kappa shape index (κ2) is 13.3. The van der Waals surface area contributed by atoms with E-state index in [1.165, 1.54) is 43.9 Å². The maximum absolute atomic E-state index is 13.4. The topological polar surface area (TPSA) is 133 Å². The largest absolute Gasteiger partial charge is 0.493 e. The lowest BCUT2D eigenvalue weighted by atomic mass is 9.84. The Morgan fingerprint density at radius 3 is 2.58 bits per heavy atom. The number of para-hydroxylation sites is 1. The van der Waals surface area contributed by atoms with E-state index in [4.69, 9.17) is 19.6 Å². The van der Waals surface area contributed by atoms with E-state index in [1.54, 1.807) is 32.0 Å². The van der Waals surface area contributed by atoms with E-state index in [0.29, 0.717) is 41.9 Å². The van der Waals surface area contributed by atoms with E-state index in [2.05, 4.69) is 10.6 Å². The van der Waals surface area contributed by atoms with Gasteiger partial charge in [-0.05, 0) is 44.4 Å². The number of hydrogen-bond acceptors (Lipinski definition) is 8. The van der Waals surface area contributed by atoms with Crippen molar-refractivity contribution in [2.45, 2.75) is 64.0 Å². The van der Waals surface area contributed by atoms with Gasteiger partial charge in [0, 0.05) is 18.8 Å². The number of ether oxygens (including phenoxy) is 3. The van der Waals surface area contributed by atoms with Crippen molar-refractivity contribution in [2.75, 3.05) is 27.3 Å². The molecule has 4 N–H and O–H groups in total. The van der Waals surface area contributed by atoms with E-state index in [0.717, 1.165) is 25.7 Å². The van der Waals surface area contributed by atoms with Crippen LogP contribution in [0.1, 0.15) is 52.4 Å². The number of aliphatic hydroxyl groups is 1. The zero-order valence-corrected chi connectivity index (χ0v) is 22.7. The standard InChI is InChI=1S/C28H40N4O6/c1-28(2,35)18-30-14-13-24(29)31-27(34)21(15-19-9-6-5-7-10-19)32-17-20(16-25(32)33)38-23-12-8-11-22(36-3)26(23)37-4/h8,11-14,16,19,21,30,35H,5-7,9-10,15,17-18H2,1-4H3,(H2,29,31,34)/b14-13-/t21-/m0/s1. The number of carbonyl (C=O) groups is 2. The molecule has 208 valence electrons. The van der Waals surface area contributed by atoms with E-state index in [9.17, 15) is 14.7 Å². The Bertz CT molecular complexity index is 1060. The van der Waals surface area contributed by atoms with Crippen LogP contribution < -0.4 is 24.8 Å². The Hall–Kier alpha value is -3.53. The van der Waals surface area contributed by atoms with Crippen LogP contribution in [0.15, 0.2) is 42.3 Å². The summed E-state index contributed by atoms with van der Waals surface area (Å²) in [4.78, 5) is 27.9. The predicted molar refractivity (Wildman–Crippen MR) is 144 cm³/mol. The number of methoxy groups -OCH3 is 2. The van der Waals surface area contributed by atoms with Gasteiger partial charge in [-0.2, -0.15) is 0 Å². The van der Waals surface area contributed by atoms with Gasteiger partial charge in [0.2, 0.25) is 11.7 Å². The van der Waals surface area contributed by atoms with Crippen LogP contribution in [0.3, 0.4) is 0 Å². The molecule has 0 aromatic heterocycles. The number of amidine groups is 1. The molecule has 0 spiro atoms. The van der Waals surface area contributed by atoms with E-state index >= 15 is 0 Å². The molecule has 1 aliphatic carbocycles. The van der Waals surface area contributed by atoms with E-state index in [-0.39, 0.29) is 18.3 Å². The Balaban J connectivity index is 1.71. The fraction of sp³-hybridized carbons (Fsp3) is 0.536. The average Bonchev–Trinajstić information content (AvgIpc) is 3.24. The summed E-state index contributed by atoms with van der Waals surface area (Å²) in [5.74, 6) is 1.22. The first kappa shape index (κ1) is 29.0. The van der Waals surface area contributed by atoms with Crippen molar-refractivity contribution in [3.05, 3.63) is 42.3 Å². The highest BCUT2D eigenvalue weighted by Gasteiger charge is 2.36. The van der Waals surface area contributed by atoms with Crippen molar-refractivity contribution in [3.63, 3.8) is 0 Å². The molecule has 2 amide bonds. The molecule has 38 heavy (non-hydrogen) atoms. The van der Waals surface area contributed by atoms with Crippen molar-refractivity contribution >= 4 is 17.6 Å². The molecular weight excluding hydrogens is 488 g/mol. The first-order valence-electron chi connectivity index (χ1n) is 13.0. The van der Waals surface area contributed by atoms with Gasteiger partial charge >= 0.3 is 0 Å². The van der Waals surface area contributed by atoms with Crippen LogP contribution in [0.4, 0.5) is 0 Å². The maximum Gasteiger partial charge on any atom is 0.251 e. The second-order valence-corrected chi connectivity index (χ2v) is 10.4. The highest BCUT2D eigenvalue weighted by atomic mass is 16.5. The molecule has 0 unspecified atom stereocenters. The minimum atomic E-state index is -0.904. The molecule has 1 fully saturated rings. The third kappa shape index (κ3) is 8.24. The number of nitrogens with one attached hydrogen (secondary N) is 3. The lowest BCUT2D eigenvalue weighted by molar-refractivity contribution is -0.135. The third-order valence-corrected chi connectivity index (χ3v) is 6.62. The van der Waals surface area contributed by atoms with Crippen LogP contribution in [-0.4, -0.2) is 66.6 Å². The zero-order chi connectivity index (χ0) is 27.7. The molecule has 0 radical (unpaired) electrons. The van der Waals surface area contributed by atoms with Crippen LogP contribution in [0.25, 0.3) is 0 Å². The molecule has 1 aromatic carbocycles. The SMILES string of the molecule is COc1cccc(OC2=CC(=O)N([C@@H](CC3CCCCC3)C(=O)NC(=N)/C=C\NCC(C)(C)O)C2)c1OC. The van der Waals surface area contributed by atoms with Gasteiger partial charge in [0.05, 0.1) is 26.4 Å². The average molecular weight is 529 g/mol. The van der Waals surface area contributed by atoms with Gasteiger partial charge in [0.15, 0.2) is 11.5 Å². The van der Waals surface area contributed by atoms with Crippen LogP contribution in [0, 0.1) is 11.3 Å². The van der Waals surface area contributed by atoms with Crippen molar-refractivity contribution in [3.8, 4) is 17.2 Å². The summed E-state index contributed by atoms with van der Waals surface area (Å²) in [5.41, 5.74) is -0.904. The van der Waals surface area contributed by atoms with Crippen LogP contribution >= 0.6 is 0 Å². The first-order valence-corrected chi connectivity index (χ1v) is 13.0. The van der Waals surface area contributed by atoms with E-state index < -0.39 is 17.6 Å². The highest BCUT2D eigenvalue weighted by Crippen LogP contribution is 2.38. The number of nitrogens with zero attached hydrogens (tertiary/aromatic N) is 1. The van der Waals surface area contributed by atoms with Crippen LogP contribution in [-0.2, 0) is 9.59 Å². The molecule has 1 aromatic rings. The summed E-state index contributed by atoms with van der Waals surface area (Å²) in [6, 6.07) is 4.50. The fourth-order valence-electron chi connectivity index (χ4n) is 4.74. The first-order chi connectivity index (χ1) is 18.1. The number of rotatable bonds is 12. The molecular formula is C28H40N4O6.